The molecule has 1 heterocycles. The average Bonchev–Trinajstić information content (AvgIpc) is 3.05. The van der Waals surface area contributed by atoms with Crippen molar-refractivity contribution < 1.29 is 8.42 Å². The van der Waals surface area contributed by atoms with Crippen molar-refractivity contribution in [3.05, 3.63) is 54.1 Å². The van der Waals surface area contributed by atoms with Crippen molar-refractivity contribution in [3.8, 4) is 11.3 Å². The summed E-state index contributed by atoms with van der Waals surface area (Å²) in [4.78, 5) is 3.71. The first-order valence-corrected chi connectivity index (χ1v) is 10.3. The van der Waals surface area contributed by atoms with Crippen LogP contribution in [0.5, 0.6) is 0 Å². The number of fused-ring (bicyclic) bond motifs is 1. The third kappa shape index (κ3) is 3.10. The van der Waals surface area contributed by atoms with Crippen molar-refractivity contribution in [2.75, 3.05) is 0 Å². The van der Waals surface area contributed by atoms with Crippen LogP contribution in [0.4, 0.5) is 0 Å². The lowest BCUT2D eigenvalue weighted by Gasteiger charge is -2.26. The molecule has 1 saturated carbocycles. The molecule has 4 nitrogen and oxygen atoms in total. The zero-order valence-corrected chi connectivity index (χ0v) is 14.9. The Morgan fingerprint density at radius 1 is 0.960 bits per heavy atom. The van der Waals surface area contributed by atoms with Gasteiger partial charge >= 0.3 is 0 Å². The second-order valence-electron chi connectivity index (χ2n) is 6.87. The van der Waals surface area contributed by atoms with E-state index in [-0.39, 0.29) is 10.8 Å². The second-order valence-corrected chi connectivity index (χ2v) is 8.40. The number of nitrogens with one attached hydrogen (secondary N) is 1. The summed E-state index contributed by atoms with van der Waals surface area (Å²) in [5.74, 6) is 0.240. The molecule has 130 valence electrons. The van der Waals surface area contributed by atoms with Crippen LogP contribution in [0.3, 0.4) is 0 Å². The van der Waals surface area contributed by atoms with Gasteiger partial charge in [0.05, 0.1) is 4.90 Å². The predicted molar refractivity (Wildman–Crippen MR) is 101 cm³/mol. The molecule has 0 radical (unpaired) electrons. The summed E-state index contributed by atoms with van der Waals surface area (Å²) in [6.07, 6.45) is 5.51. The summed E-state index contributed by atoms with van der Waals surface area (Å²) < 4.78 is 24.4. The highest BCUT2D eigenvalue weighted by molar-refractivity contribution is 7.89. The van der Waals surface area contributed by atoms with Crippen LogP contribution in [0, 0.1) is 0 Å². The Morgan fingerprint density at radius 2 is 1.72 bits per heavy atom. The van der Waals surface area contributed by atoms with Crippen LogP contribution >= 0.6 is 0 Å². The Hall–Kier alpha value is -2.11. The minimum Gasteiger partial charge on any atom is -0.355 e. The highest BCUT2D eigenvalue weighted by Gasteiger charge is 2.26. The van der Waals surface area contributed by atoms with Crippen LogP contribution in [0.15, 0.2) is 53.4 Å². The fraction of sp³-hybridized carbons (Fsp3) is 0.300. The Morgan fingerprint density at radius 3 is 2.44 bits per heavy atom. The van der Waals surface area contributed by atoms with E-state index in [1.165, 1.54) is 6.42 Å². The largest absolute Gasteiger partial charge is 0.355 e. The van der Waals surface area contributed by atoms with Crippen LogP contribution in [0.2, 0.25) is 0 Å². The van der Waals surface area contributed by atoms with Gasteiger partial charge in [-0.2, -0.15) is 0 Å². The van der Waals surface area contributed by atoms with Crippen molar-refractivity contribution in [2.45, 2.75) is 42.9 Å². The summed E-state index contributed by atoms with van der Waals surface area (Å²) in [6.45, 7) is 0. The number of hydrogen-bond acceptors (Lipinski definition) is 2. The predicted octanol–water partition coefficient (Wildman–Crippen LogP) is 4.53. The van der Waals surface area contributed by atoms with Gasteiger partial charge < -0.3 is 4.98 Å². The summed E-state index contributed by atoms with van der Waals surface area (Å²) in [7, 11) is -3.76. The second kappa shape index (κ2) is 6.32. The van der Waals surface area contributed by atoms with Gasteiger partial charge in [0, 0.05) is 22.2 Å². The maximum atomic E-state index is 12.2. The van der Waals surface area contributed by atoms with Gasteiger partial charge in [-0.05, 0) is 42.5 Å². The molecule has 0 saturated heterocycles. The Bertz CT molecular complexity index is 982. The zero-order valence-electron chi connectivity index (χ0n) is 14.0. The van der Waals surface area contributed by atoms with E-state index in [1.807, 2.05) is 24.3 Å². The first kappa shape index (κ1) is 16.4. The van der Waals surface area contributed by atoms with E-state index in [0.717, 1.165) is 53.4 Å². The molecule has 0 aliphatic heterocycles. The van der Waals surface area contributed by atoms with Crippen LogP contribution in [0.1, 0.15) is 43.6 Å². The van der Waals surface area contributed by atoms with Crippen molar-refractivity contribution in [3.63, 3.8) is 0 Å². The number of benzene rings is 2. The van der Waals surface area contributed by atoms with Crippen LogP contribution in [-0.4, -0.2) is 13.4 Å². The smallest absolute Gasteiger partial charge is 0.238 e. The van der Waals surface area contributed by atoms with E-state index in [2.05, 4.69) is 17.1 Å². The van der Waals surface area contributed by atoms with Crippen LogP contribution in [-0.2, 0) is 10.0 Å². The van der Waals surface area contributed by atoms with Crippen LogP contribution < -0.4 is 5.14 Å². The molecule has 1 aliphatic carbocycles. The monoisotopic (exact) mass is 354 g/mol. The minimum atomic E-state index is -3.76. The number of hydrogen-bond donors (Lipinski definition) is 2. The summed E-state index contributed by atoms with van der Waals surface area (Å²) in [5, 5.41) is 6.67. The molecule has 25 heavy (non-hydrogen) atoms. The number of aromatic nitrogens is 1. The molecular formula is C20H22N2O2S. The molecule has 4 rings (SSSR count). The zero-order chi connectivity index (χ0) is 17.4. The van der Waals surface area contributed by atoms with Crippen LogP contribution in [0.25, 0.3) is 22.2 Å². The van der Waals surface area contributed by atoms with Gasteiger partial charge in [-0.1, -0.05) is 49.6 Å². The van der Waals surface area contributed by atoms with Gasteiger partial charge in [0.25, 0.3) is 0 Å². The number of H-pyrrole nitrogens is 1. The lowest BCUT2D eigenvalue weighted by Crippen LogP contribution is -2.18. The Balaban J connectivity index is 1.94. The van der Waals surface area contributed by atoms with Gasteiger partial charge in [-0.15, -0.1) is 0 Å². The first-order chi connectivity index (χ1) is 12.0. The van der Waals surface area contributed by atoms with Crippen molar-refractivity contribution in [1.29, 1.82) is 0 Å². The number of sulfonamides is 1. The number of primary sulfonamides is 1. The SMILES string of the molecule is NS(=O)(=O)c1cccc(-c2cc3ccccc3[nH]2)c1C1CCCCC1. The minimum absolute atomic E-state index is 0.240. The van der Waals surface area contributed by atoms with E-state index in [1.54, 1.807) is 12.1 Å². The van der Waals surface area contributed by atoms with E-state index in [9.17, 15) is 8.42 Å². The molecule has 3 aromatic rings. The topological polar surface area (TPSA) is 76.0 Å². The molecule has 1 aliphatic rings. The number of rotatable bonds is 3. The molecule has 0 unspecified atom stereocenters. The molecule has 0 atom stereocenters. The molecule has 0 amide bonds. The standard InChI is InChI=1S/C20H22N2O2S/c21-25(23,24)19-12-6-10-16(20(19)14-7-2-1-3-8-14)18-13-15-9-4-5-11-17(15)22-18/h4-6,9-14,22H,1-3,7-8H2,(H2,21,23,24). The molecule has 0 spiro atoms. The van der Waals surface area contributed by atoms with Crippen molar-refractivity contribution in [2.24, 2.45) is 5.14 Å². The third-order valence-electron chi connectivity index (χ3n) is 5.21. The van der Waals surface area contributed by atoms with Crippen molar-refractivity contribution in [1.82, 2.24) is 4.98 Å². The number of nitrogens with two attached hydrogens (primary N) is 1. The van der Waals surface area contributed by atoms with Gasteiger partial charge in [-0.3, -0.25) is 0 Å². The maximum absolute atomic E-state index is 12.2. The molecule has 2 aromatic carbocycles. The maximum Gasteiger partial charge on any atom is 0.238 e. The van der Waals surface area contributed by atoms with Gasteiger partial charge in [0.1, 0.15) is 0 Å². The van der Waals surface area contributed by atoms with E-state index in [4.69, 9.17) is 5.14 Å². The van der Waals surface area contributed by atoms with E-state index in [0.29, 0.717) is 0 Å². The quantitative estimate of drug-likeness (QED) is 0.725. The summed E-state index contributed by atoms with van der Waals surface area (Å²) in [6, 6.07) is 15.6. The molecule has 3 N–H and O–H groups in total. The molecule has 0 bridgehead atoms. The van der Waals surface area contributed by atoms with Gasteiger partial charge in [0.15, 0.2) is 0 Å². The molecule has 1 fully saturated rings. The average molecular weight is 354 g/mol. The number of para-hydroxylation sites is 1. The fourth-order valence-electron chi connectivity index (χ4n) is 4.06. The van der Waals surface area contributed by atoms with E-state index < -0.39 is 10.0 Å². The normalized spacial score (nSPS) is 16.4. The lowest BCUT2D eigenvalue weighted by molar-refractivity contribution is 0.439. The highest BCUT2D eigenvalue weighted by Crippen LogP contribution is 2.41. The molecular weight excluding hydrogens is 332 g/mol. The summed E-state index contributed by atoms with van der Waals surface area (Å²) >= 11 is 0. The highest BCUT2D eigenvalue weighted by atomic mass is 32.2. The molecule has 1 aromatic heterocycles. The van der Waals surface area contributed by atoms with E-state index >= 15 is 0 Å². The van der Waals surface area contributed by atoms with Crippen molar-refractivity contribution >= 4 is 20.9 Å². The fourth-order valence-corrected chi connectivity index (χ4v) is 4.91. The Labute approximate surface area is 148 Å². The molecule has 5 heteroatoms. The van der Waals surface area contributed by atoms with Gasteiger partial charge in [-0.25, -0.2) is 13.6 Å². The third-order valence-corrected chi connectivity index (χ3v) is 6.18. The lowest BCUT2D eigenvalue weighted by atomic mass is 9.81. The van der Waals surface area contributed by atoms with Gasteiger partial charge in [0.2, 0.25) is 10.0 Å². The first-order valence-electron chi connectivity index (χ1n) is 8.78. The summed E-state index contributed by atoms with van der Waals surface area (Å²) in [5.41, 5.74) is 3.84. The number of aromatic amines is 1. The Kier molecular flexibility index (Phi) is 4.13.